The Morgan fingerprint density at radius 1 is 1.26 bits per heavy atom. The van der Waals surface area contributed by atoms with Crippen LogP contribution in [-0.2, 0) is 0 Å². The first kappa shape index (κ1) is 15.7. The predicted octanol–water partition coefficient (Wildman–Crippen LogP) is 4.01. The van der Waals surface area contributed by atoms with Gasteiger partial charge in [0.25, 0.3) is 0 Å². The monoisotopic (exact) mass is 331 g/mol. The maximum absolute atomic E-state index is 12.1. The first-order valence-corrected chi connectivity index (χ1v) is 8.16. The maximum Gasteiger partial charge on any atom is 0.308 e. The minimum Gasteiger partial charge on any atom is -0.412 e. The molecular formula is C17H18ClN3O2. The van der Waals surface area contributed by atoms with Crippen molar-refractivity contribution >= 4 is 17.5 Å². The van der Waals surface area contributed by atoms with E-state index in [0.29, 0.717) is 17.1 Å². The summed E-state index contributed by atoms with van der Waals surface area (Å²) >= 11 is 6.08. The van der Waals surface area contributed by atoms with Crippen LogP contribution in [0.15, 0.2) is 40.3 Å². The molecule has 0 bridgehead atoms. The summed E-state index contributed by atoms with van der Waals surface area (Å²) in [6, 6.07) is 7.14. The van der Waals surface area contributed by atoms with Crippen LogP contribution in [0.5, 0.6) is 0 Å². The number of aromatic nitrogens is 2. The van der Waals surface area contributed by atoms with Crippen LogP contribution in [0.4, 0.5) is 0 Å². The molecule has 3 rings (SSSR count). The summed E-state index contributed by atoms with van der Waals surface area (Å²) in [5, 5.41) is 11.0. The van der Waals surface area contributed by atoms with Gasteiger partial charge in [0, 0.05) is 6.54 Å². The molecule has 2 aromatic rings. The lowest BCUT2D eigenvalue weighted by atomic mass is 9.97. The molecule has 0 fully saturated rings. The number of carbonyl (C=O) groups is 1. The Morgan fingerprint density at radius 2 is 2.13 bits per heavy atom. The van der Waals surface area contributed by atoms with Gasteiger partial charge in [0.05, 0.1) is 10.6 Å². The number of amides is 1. The molecule has 0 saturated heterocycles. The van der Waals surface area contributed by atoms with E-state index >= 15 is 0 Å². The van der Waals surface area contributed by atoms with Gasteiger partial charge in [0.2, 0.25) is 5.89 Å². The Bertz CT molecular complexity index is 724. The molecule has 1 aromatic heterocycles. The molecule has 6 heteroatoms. The molecular weight excluding hydrogens is 314 g/mol. The van der Waals surface area contributed by atoms with Crippen molar-refractivity contribution in [1.82, 2.24) is 15.5 Å². The summed E-state index contributed by atoms with van der Waals surface area (Å²) in [7, 11) is 0. The van der Waals surface area contributed by atoms with Crippen molar-refractivity contribution in [2.75, 3.05) is 6.54 Å². The highest BCUT2D eigenvalue weighted by atomic mass is 35.5. The van der Waals surface area contributed by atoms with Crippen LogP contribution in [0.1, 0.15) is 42.8 Å². The van der Waals surface area contributed by atoms with Crippen LogP contribution < -0.4 is 5.32 Å². The second kappa shape index (κ2) is 7.42. The molecule has 0 radical (unpaired) electrons. The third-order valence-corrected chi connectivity index (χ3v) is 4.17. The van der Waals surface area contributed by atoms with Crippen LogP contribution in [-0.4, -0.2) is 22.6 Å². The number of allylic oxidation sites excluding steroid dienone is 1. The quantitative estimate of drug-likeness (QED) is 0.840. The summed E-state index contributed by atoms with van der Waals surface area (Å²) in [4.78, 5) is 12.1. The number of halogens is 1. The van der Waals surface area contributed by atoms with Gasteiger partial charge in [0.15, 0.2) is 0 Å². The van der Waals surface area contributed by atoms with Gasteiger partial charge in [-0.15, -0.1) is 10.2 Å². The summed E-state index contributed by atoms with van der Waals surface area (Å²) in [6.45, 7) is 0.578. The Labute approximate surface area is 139 Å². The highest BCUT2D eigenvalue weighted by Gasteiger charge is 2.17. The third-order valence-electron chi connectivity index (χ3n) is 3.84. The lowest BCUT2D eigenvalue weighted by Crippen LogP contribution is -2.25. The molecule has 1 heterocycles. The molecule has 1 N–H and O–H groups in total. The summed E-state index contributed by atoms with van der Waals surface area (Å²) in [5.74, 6) is -0.152. The van der Waals surface area contributed by atoms with Crippen molar-refractivity contribution in [3.05, 3.63) is 46.8 Å². The molecule has 0 aliphatic heterocycles. The molecule has 0 atom stereocenters. The van der Waals surface area contributed by atoms with Crippen molar-refractivity contribution in [1.29, 1.82) is 0 Å². The second-order valence-electron chi connectivity index (χ2n) is 5.51. The van der Waals surface area contributed by atoms with Crippen molar-refractivity contribution in [3.63, 3.8) is 0 Å². The highest BCUT2D eigenvalue weighted by molar-refractivity contribution is 6.33. The zero-order valence-electron chi connectivity index (χ0n) is 12.7. The van der Waals surface area contributed by atoms with Gasteiger partial charge in [-0.05, 0) is 44.2 Å². The van der Waals surface area contributed by atoms with Crippen LogP contribution in [0.2, 0.25) is 5.02 Å². The van der Waals surface area contributed by atoms with E-state index in [9.17, 15) is 4.79 Å². The van der Waals surface area contributed by atoms with E-state index in [2.05, 4.69) is 21.6 Å². The van der Waals surface area contributed by atoms with E-state index in [0.717, 1.165) is 19.3 Å². The lowest BCUT2D eigenvalue weighted by Gasteiger charge is -2.12. The van der Waals surface area contributed by atoms with Crippen molar-refractivity contribution in [2.45, 2.75) is 32.1 Å². The van der Waals surface area contributed by atoms with Gasteiger partial charge in [-0.2, -0.15) is 0 Å². The normalized spacial score (nSPS) is 14.4. The number of rotatable bonds is 5. The van der Waals surface area contributed by atoms with Crippen LogP contribution >= 0.6 is 11.6 Å². The fourth-order valence-electron chi connectivity index (χ4n) is 2.60. The van der Waals surface area contributed by atoms with Gasteiger partial charge >= 0.3 is 11.8 Å². The number of nitrogens with one attached hydrogen (secondary N) is 1. The molecule has 120 valence electrons. The summed E-state index contributed by atoms with van der Waals surface area (Å²) in [6.07, 6.45) is 7.93. The Balaban J connectivity index is 1.58. The van der Waals surface area contributed by atoms with Gasteiger partial charge in [-0.3, -0.25) is 4.79 Å². The summed E-state index contributed by atoms with van der Waals surface area (Å²) in [5.41, 5.74) is 2.03. The molecule has 1 amide bonds. The fourth-order valence-corrected chi connectivity index (χ4v) is 2.82. The van der Waals surface area contributed by atoms with Crippen LogP contribution in [0.3, 0.4) is 0 Å². The Morgan fingerprint density at radius 3 is 2.91 bits per heavy atom. The first-order chi connectivity index (χ1) is 11.2. The first-order valence-electron chi connectivity index (χ1n) is 7.78. The number of hydrogen-bond donors (Lipinski definition) is 1. The Kier molecular flexibility index (Phi) is 5.08. The zero-order valence-corrected chi connectivity index (χ0v) is 13.5. The van der Waals surface area contributed by atoms with E-state index in [4.69, 9.17) is 16.0 Å². The second-order valence-corrected chi connectivity index (χ2v) is 5.91. The zero-order chi connectivity index (χ0) is 16.1. The molecule has 23 heavy (non-hydrogen) atoms. The van der Waals surface area contributed by atoms with Crippen LogP contribution in [0, 0.1) is 0 Å². The smallest absolute Gasteiger partial charge is 0.308 e. The minimum atomic E-state index is -0.354. The molecule has 1 aromatic carbocycles. The SMILES string of the molecule is O=C(NCCC1=CCCCC1)c1nnc(-c2ccccc2Cl)o1. The summed E-state index contributed by atoms with van der Waals surface area (Å²) < 4.78 is 5.42. The minimum absolute atomic E-state index is 0.0439. The van der Waals surface area contributed by atoms with E-state index < -0.39 is 0 Å². The average Bonchev–Trinajstić information content (AvgIpc) is 3.06. The maximum atomic E-state index is 12.1. The lowest BCUT2D eigenvalue weighted by molar-refractivity contribution is 0.0920. The van der Waals surface area contributed by atoms with Crippen LogP contribution in [0.25, 0.3) is 11.5 Å². The molecule has 0 spiro atoms. The fraction of sp³-hybridized carbons (Fsp3) is 0.353. The van der Waals surface area contributed by atoms with E-state index in [1.54, 1.807) is 12.1 Å². The van der Waals surface area contributed by atoms with E-state index in [-0.39, 0.29) is 17.7 Å². The number of nitrogens with zero attached hydrogens (tertiary/aromatic N) is 2. The van der Waals surface area contributed by atoms with Crippen molar-refractivity contribution in [3.8, 4) is 11.5 Å². The Hall–Kier alpha value is -2.14. The van der Waals surface area contributed by atoms with Crippen molar-refractivity contribution < 1.29 is 9.21 Å². The van der Waals surface area contributed by atoms with Gasteiger partial charge < -0.3 is 9.73 Å². The number of carbonyl (C=O) groups excluding carboxylic acids is 1. The standard InChI is InChI=1S/C17H18ClN3O2/c18-14-9-5-4-8-13(14)16-20-21-17(23-16)15(22)19-11-10-12-6-2-1-3-7-12/h4-6,8-9H,1-3,7,10-11H2,(H,19,22). The van der Waals surface area contributed by atoms with Gasteiger partial charge in [0.1, 0.15) is 0 Å². The molecule has 5 nitrogen and oxygen atoms in total. The molecule has 1 aliphatic carbocycles. The molecule has 0 unspecified atom stereocenters. The predicted molar refractivity (Wildman–Crippen MR) is 88.2 cm³/mol. The largest absolute Gasteiger partial charge is 0.412 e. The van der Waals surface area contributed by atoms with Gasteiger partial charge in [-0.1, -0.05) is 35.4 Å². The van der Waals surface area contributed by atoms with Gasteiger partial charge in [-0.25, -0.2) is 0 Å². The number of hydrogen-bond acceptors (Lipinski definition) is 4. The topological polar surface area (TPSA) is 68.0 Å². The van der Waals surface area contributed by atoms with E-state index in [1.165, 1.54) is 18.4 Å². The molecule has 0 saturated carbocycles. The number of benzene rings is 1. The average molecular weight is 332 g/mol. The molecule has 1 aliphatic rings. The highest BCUT2D eigenvalue weighted by Crippen LogP contribution is 2.26. The third kappa shape index (κ3) is 3.99. The van der Waals surface area contributed by atoms with E-state index in [1.807, 2.05) is 12.1 Å². The van der Waals surface area contributed by atoms with Crippen molar-refractivity contribution in [2.24, 2.45) is 0 Å².